The van der Waals surface area contributed by atoms with Crippen LogP contribution in [0.1, 0.15) is 60.0 Å². The molecule has 0 spiro atoms. The zero-order valence-electron chi connectivity index (χ0n) is 22.0. The number of aromatic amines is 1. The number of rotatable bonds is 6. The number of hydrogen-bond acceptors (Lipinski definition) is 6. The first-order valence-corrected chi connectivity index (χ1v) is 13.8. The molecule has 3 N–H and O–H groups in total. The maximum Gasteiger partial charge on any atom is 0.279 e. The largest absolute Gasteiger partial charge is 0.390 e. The summed E-state index contributed by atoms with van der Waals surface area (Å²) in [7, 11) is 0. The Morgan fingerprint density at radius 2 is 1.87 bits per heavy atom. The SMILES string of the molecule is CC(C)(C)c1ccc(N(C(=O)c2c[nH]cn2)C(C(=O)N[C@H]2c3ccccc3SC[C@H]2O)c2cccnc2)cc1. The number of anilines is 1. The molecule has 4 aromatic rings. The molecule has 0 aliphatic carbocycles. The minimum atomic E-state index is -1.07. The van der Waals surface area contributed by atoms with Crippen LogP contribution >= 0.6 is 11.8 Å². The Balaban J connectivity index is 1.59. The lowest BCUT2D eigenvalue weighted by molar-refractivity contribution is -0.124. The molecule has 2 amide bonds. The molecule has 0 saturated heterocycles. The molecule has 3 atom stereocenters. The van der Waals surface area contributed by atoms with E-state index in [4.69, 9.17) is 0 Å². The third-order valence-corrected chi connectivity index (χ3v) is 7.99. The molecule has 9 heteroatoms. The van der Waals surface area contributed by atoms with Crippen LogP contribution < -0.4 is 10.2 Å². The molecule has 0 radical (unpaired) electrons. The molecule has 0 bridgehead atoms. The number of aliphatic hydroxyl groups excluding tert-OH is 1. The molecule has 2 aromatic carbocycles. The fourth-order valence-corrected chi connectivity index (χ4v) is 5.79. The number of aliphatic hydroxyl groups is 1. The predicted octanol–water partition coefficient (Wildman–Crippen LogP) is 4.81. The summed E-state index contributed by atoms with van der Waals surface area (Å²) in [4.78, 5) is 41.9. The Labute approximate surface area is 231 Å². The number of amides is 2. The zero-order chi connectivity index (χ0) is 27.6. The molecule has 0 saturated carbocycles. The number of thioether (sulfide) groups is 1. The summed E-state index contributed by atoms with van der Waals surface area (Å²) < 4.78 is 0. The van der Waals surface area contributed by atoms with Crippen LogP contribution in [0.25, 0.3) is 0 Å². The first-order chi connectivity index (χ1) is 18.7. The minimum Gasteiger partial charge on any atom is -0.390 e. The Morgan fingerprint density at radius 1 is 1.10 bits per heavy atom. The third kappa shape index (κ3) is 5.60. The number of nitrogens with zero attached hydrogens (tertiary/aromatic N) is 3. The van der Waals surface area contributed by atoms with Gasteiger partial charge in [-0.15, -0.1) is 11.8 Å². The van der Waals surface area contributed by atoms with E-state index in [1.807, 2.05) is 48.5 Å². The van der Waals surface area contributed by atoms with Crippen molar-refractivity contribution in [2.75, 3.05) is 10.7 Å². The highest BCUT2D eigenvalue weighted by Gasteiger charge is 2.38. The number of H-pyrrole nitrogens is 1. The van der Waals surface area contributed by atoms with E-state index in [1.165, 1.54) is 17.4 Å². The summed E-state index contributed by atoms with van der Waals surface area (Å²) in [5, 5.41) is 14.0. The number of nitrogens with one attached hydrogen (secondary N) is 2. The molecule has 39 heavy (non-hydrogen) atoms. The van der Waals surface area contributed by atoms with Gasteiger partial charge in [0.1, 0.15) is 11.7 Å². The van der Waals surface area contributed by atoms with Crippen LogP contribution in [-0.2, 0) is 10.2 Å². The van der Waals surface area contributed by atoms with Crippen molar-refractivity contribution in [1.29, 1.82) is 0 Å². The van der Waals surface area contributed by atoms with Gasteiger partial charge in [0.25, 0.3) is 5.91 Å². The minimum absolute atomic E-state index is 0.0851. The van der Waals surface area contributed by atoms with Crippen molar-refractivity contribution in [1.82, 2.24) is 20.3 Å². The van der Waals surface area contributed by atoms with Crippen molar-refractivity contribution in [3.63, 3.8) is 0 Å². The highest BCUT2D eigenvalue weighted by molar-refractivity contribution is 7.99. The van der Waals surface area contributed by atoms with Crippen molar-refractivity contribution in [3.8, 4) is 0 Å². The molecule has 8 nitrogen and oxygen atoms in total. The molecule has 1 unspecified atom stereocenters. The van der Waals surface area contributed by atoms with Gasteiger partial charge in [0.15, 0.2) is 0 Å². The molecular formula is C30H31N5O3S. The average molecular weight is 542 g/mol. The fourth-order valence-electron chi connectivity index (χ4n) is 4.72. The van der Waals surface area contributed by atoms with Gasteiger partial charge in [-0.3, -0.25) is 19.5 Å². The molecule has 2 aromatic heterocycles. The lowest BCUT2D eigenvalue weighted by Crippen LogP contribution is -2.48. The van der Waals surface area contributed by atoms with Crippen LogP contribution in [0, 0.1) is 0 Å². The van der Waals surface area contributed by atoms with Crippen molar-refractivity contribution in [3.05, 3.63) is 108 Å². The van der Waals surface area contributed by atoms with Crippen LogP contribution in [-0.4, -0.2) is 43.7 Å². The average Bonchev–Trinajstić information content (AvgIpc) is 3.48. The maximum atomic E-state index is 14.2. The van der Waals surface area contributed by atoms with Gasteiger partial charge in [0.05, 0.1) is 18.5 Å². The van der Waals surface area contributed by atoms with E-state index in [1.54, 1.807) is 36.3 Å². The lowest BCUT2D eigenvalue weighted by Gasteiger charge is -2.35. The Hall–Kier alpha value is -3.95. The standard InChI is InChI=1S/C30H31N5O3S/c1-30(2,3)20-10-12-21(13-11-20)35(29(38)23-16-32-18-33-23)27(19-7-6-14-31-15-19)28(37)34-26-22-8-4-5-9-25(22)39-17-24(26)36/h4-16,18,24,26-27,36H,17H2,1-3H3,(H,32,33)(H,34,37)/t24-,26+,27?/m1/s1. The molecule has 1 aliphatic heterocycles. The van der Waals surface area contributed by atoms with Gasteiger partial charge in [0.2, 0.25) is 5.91 Å². The van der Waals surface area contributed by atoms with Crippen molar-refractivity contribution < 1.29 is 14.7 Å². The zero-order valence-corrected chi connectivity index (χ0v) is 22.9. The quantitative estimate of drug-likeness (QED) is 0.323. The summed E-state index contributed by atoms with van der Waals surface area (Å²) in [5.74, 6) is -0.426. The van der Waals surface area contributed by atoms with Crippen LogP contribution in [0.3, 0.4) is 0 Å². The Kier molecular flexibility index (Phi) is 7.54. The lowest BCUT2D eigenvalue weighted by atomic mass is 9.87. The number of hydrogen-bond donors (Lipinski definition) is 3. The van der Waals surface area contributed by atoms with Crippen molar-refractivity contribution in [2.45, 2.75) is 49.3 Å². The predicted molar refractivity (Wildman–Crippen MR) is 152 cm³/mol. The number of pyridine rings is 1. The van der Waals surface area contributed by atoms with Gasteiger partial charge in [-0.05, 0) is 40.8 Å². The molecule has 200 valence electrons. The van der Waals surface area contributed by atoms with Gasteiger partial charge in [0, 0.05) is 40.5 Å². The second-order valence-corrected chi connectivity index (χ2v) is 11.6. The summed E-state index contributed by atoms with van der Waals surface area (Å²) in [5.41, 5.74) is 3.11. The van der Waals surface area contributed by atoms with Gasteiger partial charge < -0.3 is 15.4 Å². The molecule has 0 fully saturated rings. The van der Waals surface area contributed by atoms with Gasteiger partial charge in [-0.1, -0.05) is 57.2 Å². The van der Waals surface area contributed by atoms with E-state index in [9.17, 15) is 14.7 Å². The van der Waals surface area contributed by atoms with E-state index in [0.29, 0.717) is 17.0 Å². The van der Waals surface area contributed by atoms with E-state index < -0.39 is 30.0 Å². The number of aromatic nitrogens is 3. The van der Waals surface area contributed by atoms with Crippen LogP contribution in [0.5, 0.6) is 0 Å². The summed E-state index contributed by atoms with van der Waals surface area (Å²) >= 11 is 1.55. The molecule has 5 rings (SSSR count). The summed E-state index contributed by atoms with van der Waals surface area (Å²) in [6.07, 6.45) is 5.36. The number of benzene rings is 2. The van der Waals surface area contributed by atoms with Crippen LogP contribution in [0.4, 0.5) is 5.69 Å². The molecule has 1 aliphatic rings. The van der Waals surface area contributed by atoms with E-state index >= 15 is 0 Å². The van der Waals surface area contributed by atoms with Crippen molar-refractivity contribution >= 4 is 29.3 Å². The van der Waals surface area contributed by atoms with Gasteiger partial charge in [-0.25, -0.2) is 4.98 Å². The normalized spacial score (nSPS) is 17.6. The molecular weight excluding hydrogens is 510 g/mol. The van der Waals surface area contributed by atoms with Gasteiger partial charge >= 0.3 is 0 Å². The third-order valence-electron chi connectivity index (χ3n) is 6.80. The summed E-state index contributed by atoms with van der Waals surface area (Å²) in [6.45, 7) is 6.35. The van der Waals surface area contributed by atoms with E-state index in [2.05, 4.69) is 41.0 Å². The second-order valence-electron chi connectivity index (χ2n) is 10.5. The summed E-state index contributed by atoms with van der Waals surface area (Å²) in [6, 6.07) is 17.2. The van der Waals surface area contributed by atoms with E-state index in [-0.39, 0.29) is 11.1 Å². The van der Waals surface area contributed by atoms with Crippen LogP contribution in [0.15, 0.2) is 90.5 Å². The smallest absolute Gasteiger partial charge is 0.279 e. The van der Waals surface area contributed by atoms with Crippen LogP contribution in [0.2, 0.25) is 0 Å². The highest BCUT2D eigenvalue weighted by atomic mass is 32.2. The Morgan fingerprint density at radius 3 is 2.54 bits per heavy atom. The number of imidazole rings is 1. The molecule has 3 heterocycles. The van der Waals surface area contributed by atoms with E-state index in [0.717, 1.165) is 16.0 Å². The van der Waals surface area contributed by atoms with Crippen molar-refractivity contribution in [2.24, 2.45) is 0 Å². The number of carbonyl (C=O) groups excluding carboxylic acids is 2. The first kappa shape index (κ1) is 26.6. The fraction of sp³-hybridized carbons (Fsp3) is 0.267. The second kappa shape index (κ2) is 11.0. The number of carbonyl (C=O) groups is 2. The maximum absolute atomic E-state index is 14.2. The topological polar surface area (TPSA) is 111 Å². The first-order valence-electron chi connectivity index (χ1n) is 12.8. The van der Waals surface area contributed by atoms with Gasteiger partial charge in [-0.2, -0.15) is 0 Å². The number of fused-ring (bicyclic) bond motifs is 1. The Bertz CT molecular complexity index is 1440. The highest BCUT2D eigenvalue weighted by Crippen LogP contribution is 2.37. The monoisotopic (exact) mass is 541 g/mol.